The van der Waals surface area contributed by atoms with Gasteiger partial charge in [0.1, 0.15) is 18.1 Å². The zero-order chi connectivity index (χ0) is 15.9. The Bertz CT molecular complexity index is 629. The fourth-order valence-electron chi connectivity index (χ4n) is 1.99. The normalized spacial score (nSPS) is 12.1. The fraction of sp³-hybridized carbons (Fsp3) is 0.357. The van der Waals surface area contributed by atoms with Crippen LogP contribution in [0.4, 0.5) is 5.69 Å². The van der Waals surface area contributed by atoms with Crippen molar-refractivity contribution in [2.75, 3.05) is 13.7 Å². The number of ether oxygens (including phenoxy) is 1. The van der Waals surface area contributed by atoms with Crippen molar-refractivity contribution < 1.29 is 14.8 Å². The zero-order valence-corrected chi connectivity index (χ0v) is 12.2. The van der Waals surface area contributed by atoms with Crippen LogP contribution >= 0.6 is 0 Å². The first-order valence-electron chi connectivity index (χ1n) is 6.77. The first-order valence-corrected chi connectivity index (χ1v) is 6.77. The van der Waals surface area contributed by atoms with E-state index in [0.29, 0.717) is 13.1 Å². The van der Waals surface area contributed by atoms with E-state index in [1.165, 1.54) is 10.9 Å². The van der Waals surface area contributed by atoms with Gasteiger partial charge in [-0.2, -0.15) is 5.10 Å². The van der Waals surface area contributed by atoms with Crippen LogP contribution in [0.3, 0.4) is 0 Å². The summed E-state index contributed by atoms with van der Waals surface area (Å²) in [5, 5.41) is 27.4. The highest BCUT2D eigenvalue weighted by molar-refractivity contribution is 5.28. The summed E-state index contributed by atoms with van der Waals surface area (Å²) >= 11 is 0. The molecule has 1 atom stereocenters. The monoisotopic (exact) mass is 306 g/mol. The summed E-state index contributed by atoms with van der Waals surface area (Å²) in [6.07, 6.45) is 1.77. The molecule has 0 aliphatic carbocycles. The van der Waals surface area contributed by atoms with Crippen LogP contribution in [0.1, 0.15) is 5.56 Å². The summed E-state index contributed by atoms with van der Waals surface area (Å²) in [6.45, 7) is 1.14. The van der Waals surface area contributed by atoms with Crippen molar-refractivity contribution in [1.82, 2.24) is 15.1 Å². The second-order valence-corrected chi connectivity index (χ2v) is 4.81. The fourth-order valence-corrected chi connectivity index (χ4v) is 1.99. The summed E-state index contributed by atoms with van der Waals surface area (Å²) < 4.78 is 6.50. The number of methoxy groups -OCH3 is 1. The molecule has 0 aliphatic rings. The molecular formula is C14H18N4O4. The Labute approximate surface area is 127 Å². The van der Waals surface area contributed by atoms with E-state index in [2.05, 4.69) is 10.4 Å². The minimum atomic E-state index is -0.690. The molecule has 0 saturated heterocycles. The Kier molecular flexibility index (Phi) is 5.45. The highest BCUT2D eigenvalue weighted by Crippen LogP contribution is 2.12. The van der Waals surface area contributed by atoms with Gasteiger partial charge < -0.3 is 15.2 Å². The molecule has 2 rings (SSSR count). The van der Waals surface area contributed by atoms with Gasteiger partial charge >= 0.3 is 5.69 Å². The Morgan fingerprint density at radius 1 is 1.55 bits per heavy atom. The van der Waals surface area contributed by atoms with Crippen molar-refractivity contribution in [3.63, 3.8) is 0 Å². The number of hydrogen-bond acceptors (Lipinski definition) is 6. The smallest absolute Gasteiger partial charge is 0.306 e. The molecule has 0 saturated carbocycles. The van der Waals surface area contributed by atoms with Gasteiger partial charge in [0.25, 0.3) is 0 Å². The minimum absolute atomic E-state index is 0.0865. The highest BCUT2D eigenvalue weighted by Gasteiger charge is 2.11. The van der Waals surface area contributed by atoms with Gasteiger partial charge in [-0.3, -0.25) is 14.8 Å². The maximum absolute atomic E-state index is 10.5. The lowest BCUT2D eigenvalue weighted by Crippen LogP contribution is -2.30. The van der Waals surface area contributed by atoms with Crippen LogP contribution in [0, 0.1) is 10.1 Å². The lowest BCUT2D eigenvalue weighted by Gasteiger charge is -2.12. The van der Waals surface area contributed by atoms with E-state index < -0.39 is 11.0 Å². The molecule has 1 aromatic heterocycles. The molecule has 0 fully saturated rings. The van der Waals surface area contributed by atoms with Gasteiger partial charge in [-0.1, -0.05) is 12.1 Å². The zero-order valence-electron chi connectivity index (χ0n) is 12.2. The maximum atomic E-state index is 10.5. The quantitative estimate of drug-likeness (QED) is 0.556. The minimum Gasteiger partial charge on any atom is -0.497 e. The second-order valence-electron chi connectivity index (χ2n) is 4.81. The van der Waals surface area contributed by atoms with Gasteiger partial charge in [0.15, 0.2) is 0 Å². The third-order valence-corrected chi connectivity index (χ3v) is 3.07. The van der Waals surface area contributed by atoms with E-state index in [-0.39, 0.29) is 12.2 Å². The van der Waals surface area contributed by atoms with Crippen LogP contribution in [0.25, 0.3) is 0 Å². The first-order chi connectivity index (χ1) is 10.6. The lowest BCUT2D eigenvalue weighted by molar-refractivity contribution is -0.385. The summed E-state index contributed by atoms with van der Waals surface area (Å²) in [6, 6.07) is 7.63. The molecule has 0 radical (unpaired) electrons. The predicted octanol–water partition coefficient (Wildman–Crippen LogP) is 0.951. The molecule has 2 N–H and O–H groups in total. The molecule has 0 amide bonds. The van der Waals surface area contributed by atoms with Crippen molar-refractivity contribution in [1.29, 1.82) is 0 Å². The molecule has 2 aromatic rings. The van der Waals surface area contributed by atoms with Crippen LogP contribution in [-0.2, 0) is 13.1 Å². The molecule has 0 bridgehead atoms. The molecule has 0 aliphatic heterocycles. The number of nitrogens with zero attached hydrogens (tertiary/aromatic N) is 3. The van der Waals surface area contributed by atoms with Crippen molar-refractivity contribution in [3.8, 4) is 5.75 Å². The molecule has 1 aromatic carbocycles. The lowest BCUT2D eigenvalue weighted by atomic mass is 10.2. The van der Waals surface area contributed by atoms with Crippen molar-refractivity contribution in [3.05, 3.63) is 52.3 Å². The molecule has 8 heteroatoms. The van der Waals surface area contributed by atoms with E-state index in [4.69, 9.17) is 4.74 Å². The maximum Gasteiger partial charge on any atom is 0.306 e. The van der Waals surface area contributed by atoms with E-state index in [9.17, 15) is 15.2 Å². The Morgan fingerprint density at radius 3 is 3.05 bits per heavy atom. The summed E-state index contributed by atoms with van der Waals surface area (Å²) in [4.78, 5) is 10.0. The summed E-state index contributed by atoms with van der Waals surface area (Å²) in [5.74, 6) is 0.781. The standard InChI is InChI=1S/C14H18N4O4/c1-22-14-4-2-3-11(5-14)6-15-8-13(19)10-17-9-12(7-16-17)18(20)21/h2-5,7,9,13,15,19H,6,8,10H2,1H3. The largest absolute Gasteiger partial charge is 0.497 e. The molecule has 8 nitrogen and oxygen atoms in total. The van der Waals surface area contributed by atoms with Crippen LogP contribution in [0.15, 0.2) is 36.7 Å². The van der Waals surface area contributed by atoms with Crippen LogP contribution in [0.2, 0.25) is 0 Å². The van der Waals surface area contributed by atoms with E-state index >= 15 is 0 Å². The molecule has 1 unspecified atom stereocenters. The van der Waals surface area contributed by atoms with E-state index in [1.807, 2.05) is 24.3 Å². The third kappa shape index (κ3) is 4.54. The number of aromatic nitrogens is 2. The van der Waals surface area contributed by atoms with Gasteiger partial charge in [0.05, 0.1) is 24.7 Å². The number of nitrogens with one attached hydrogen (secondary N) is 1. The van der Waals surface area contributed by atoms with Crippen LogP contribution in [0.5, 0.6) is 5.75 Å². The highest BCUT2D eigenvalue weighted by atomic mass is 16.6. The Balaban J connectivity index is 1.77. The van der Waals surface area contributed by atoms with Gasteiger partial charge in [0, 0.05) is 13.1 Å². The number of rotatable bonds is 8. The van der Waals surface area contributed by atoms with Crippen molar-refractivity contribution >= 4 is 5.69 Å². The molecule has 0 spiro atoms. The number of hydrogen-bond donors (Lipinski definition) is 2. The SMILES string of the molecule is COc1cccc(CNCC(O)Cn2cc([N+](=O)[O-])cn2)c1. The Hall–Kier alpha value is -2.45. The van der Waals surface area contributed by atoms with E-state index in [0.717, 1.165) is 17.5 Å². The molecule has 118 valence electrons. The number of benzene rings is 1. The summed E-state index contributed by atoms with van der Waals surface area (Å²) in [5.41, 5.74) is 0.956. The second kappa shape index (κ2) is 7.53. The van der Waals surface area contributed by atoms with Crippen LogP contribution in [-0.4, -0.2) is 39.6 Å². The van der Waals surface area contributed by atoms with Crippen molar-refractivity contribution in [2.24, 2.45) is 0 Å². The van der Waals surface area contributed by atoms with Gasteiger partial charge in [0.2, 0.25) is 0 Å². The number of nitro groups is 1. The van der Waals surface area contributed by atoms with Crippen molar-refractivity contribution in [2.45, 2.75) is 19.2 Å². The average molecular weight is 306 g/mol. The third-order valence-electron chi connectivity index (χ3n) is 3.07. The first kappa shape index (κ1) is 15.9. The van der Waals surface area contributed by atoms with E-state index in [1.54, 1.807) is 7.11 Å². The topological polar surface area (TPSA) is 102 Å². The van der Waals surface area contributed by atoms with Gasteiger partial charge in [-0.05, 0) is 17.7 Å². The van der Waals surface area contributed by atoms with Gasteiger partial charge in [-0.15, -0.1) is 0 Å². The molecular weight excluding hydrogens is 288 g/mol. The number of aliphatic hydroxyl groups is 1. The summed E-state index contributed by atoms with van der Waals surface area (Å²) in [7, 11) is 1.61. The molecule has 1 heterocycles. The molecule has 22 heavy (non-hydrogen) atoms. The predicted molar refractivity (Wildman–Crippen MR) is 79.6 cm³/mol. The van der Waals surface area contributed by atoms with Crippen LogP contribution < -0.4 is 10.1 Å². The Morgan fingerprint density at radius 2 is 2.36 bits per heavy atom. The van der Waals surface area contributed by atoms with Gasteiger partial charge in [-0.25, -0.2) is 0 Å². The average Bonchev–Trinajstić information content (AvgIpc) is 2.96. The number of aliphatic hydroxyl groups excluding tert-OH is 1.